The van der Waals surface area contributed by atoms with E-state index in [1.807, 2.05) is 0 Å². The van der Waals surface area contributed by atoms with E-state index in [2.05, 4.69) is 25.7 Å². The van der Waals surface area contributed by atoms with Gasteiger partial charge in [0.25, 0.3) is 0 Å². The summed E-state index contributed by atoms with van der Waals surface area (Å²) in [4.78, 5) is 14.5. The summed E-state index contributed by atoms with van der Waals surface area (Å²) in [5, 5.41) is 19.4. The van der Waals surface area contributed by atoms with Crippen LogP contribution >= 0.6 is 0 Å². The lowest BCUT2D eigenvalue weighted by Crippen LogP contribution is -2.13. The van der Waals surface area contributed by atoms with Crippen LogP contribution in [-0.4, -0.2) is 40.7 Å². The molecule has 1 aromatic heterocycles. The standard InChI is InChI=1S/C12H13N5O4/c1-20-8-3-7(4-9(21-2)11(8)18)5-13-16-10-6-14-17-12(19)15-10/h3-6,18H,1-2H3,(H2,15,16,17,19)/b13-5+. The highest BCUT2D eigenvalue weighted by Crippen LogP contribution is 2.36. The average Bonchev–Trinajstić information content (AvgIpc) is 2.48. The molecule has 0 saturated heterocycles. The van der Waals surface area contributed by atoms with Crippen LogP contribution in [0.5, 0.6) is 17.2 Å². The third kappa shape index (κ3) is 3.47. The van der Waals surface area contributed by atoms with E-state index in [1.54, 1.807) is 12.1 Å². The number of rotatable bonds is 5. The Morgan fingerprint density at radius 1 is 1.33 bits per heavy atom. The molecule has 0 aliphatic heterocycles. The van der Waals surface area contributed by atoms with Crippen LogP contribution in [0.2, 0.25) is 0 Å². The Kier molecular flexibility index (Phi) is 4.34. The van der Waals surface area contributed by atoms with Crippen molar-refractivity contribution in [3.05, 3.63) is 34.4 Å². The number of aromatic amines is 1. The quantitative estimate of drug-likeness (QED) is 0.536. The van der Waals surface area contributed by atoms with Crippen molar-refractivity contribution < 1.29 is 14.6 Å². The highest BCUT2D eigenvalue weighted by atomic mass is 16.5. The highest BCUT2D eigenvalue weighted by molar-refractivity contribution is 5.82. The lowest BCUT2D eigenvalue weighted by atomic mass is 10.2. The first kappa shape index (κ1) is 14.3. The molecular formula is C12H13N5O4. The number of hydrogen-bond donors (Lipinski definition) is 3. The molecule has 3 N–H and O–H groups in total. The first-order valence-corrected chi connectivity index (χ1v) is 5.80. The molecule has 9 heteroatoms. The molecule has 110 valence electrons. The Balaban J connectivity index is 2.19. The number of ether oxygens (including phenoxy) is 2. The molecule has 0 radical (unpaired) electrons. The van der Waals surface area contributed by atoms with E-state index >= 15 is 0 Å². The Morgan fingerprint density at radius 3 is 2.57 bits per heavy atom. The van der Waals surface area contributed by atoms with Gasteiger partial charge in [0.05, 0.1) is 26.6 Å². The smallest absolute Gasteiger partial charge is 0.363 e. The number of nitrogens with zero attached hydrogens (tertiary/aromatic N) is 3. The van der Waals surface area contributed by atoms with Crippen LogP contribution in [0.25, 0.3) is 0 Å². The van der Waals surface area contributed by atoms with Gasteiger partial charge in [0.2, 0.25) is 5.75 Å². The molecule has 1 heterocycles. The lowest BCUT2D eigenvalue weighted by Gasteiger charge is -2.09. The van der Waals surface area contributed by atoms with Crippen molar-refractivity contribution in [3.63, 3.8) is 0 Å². The van der Waals surface area contributed by atoms with Crippen molar-refractivity contribution in [1.82, 2.24) is 15.2 Å². The second-order valence-corrected chi connectivity index (χ2v) is 3.82. The van der Waals surface area contributed by atoms with Gasteiger partial charge in [-0.05, 0) is 12.1 Å². The molecule has 0 saturated carbocycles. The zero-order valence-corrected chi connectivity index (χ0v) is 11.3. The third-order valence-corrected chi connectivity index (χ3v) is 2.46. The monoisotopic (exact) mass is 291 g/mol. The average molecular weight is 291 g/mol. The van der Waals surface area contributed by atoms with Crippen LogP contribution in [0, 0.1) is 0 Å². The molecule has 0 aliphatic rings. The number of hydrazone groups is 1. The van der Waals surface area contributed by atoms with Crippen molar-refractivity contribution in [2.45, 2.75) is 0 Å². The van der Waals surface area contributed by atoms with Crippen molar-refractivity contribution >= 4 is 12.0 Å². The Bertz CT molecular complexity index is 688. The van der Waals surface area contributed by atoms with Gasteiger partial charge in [0.1, 0.15) is 0 Å². The molecule has 0 bridgehead atoms. The summed E-state index contributed by atoms with van der Waals surface area (Å²) in [6, 6.07) is 3.15. The van der Waals surface area contributed by atoms with Crippen molar-refractivity contribution in [2.75, 3.05) is 19.6 Å². The van der Waals surface area contributed by atoms with Crippen LogP contribution in [-0.2, 0) is 0 Å². The van der Waals surface area contributed by atoms with Gasteiger partial charge in [0.15, 0.2) is 17.3 Å². The minimum atomic E-state index is -0.580. The van der Waals surface area contributed by atoms with Crippen LogP contribution in [0.15, 0.2) is 28.2 Å². The number of phenols is 1. The molecule has 0 aliphatic carbocycles. The fraction of sp³-hybridized carbons (Fsp3) is 0.167. The van der Waals surface area contributed by atoms with Crippen LogP contribution < -0.4 is 20.6 Å². The second kappa shape index (κ2) is 6.37. The molecule has 9 nitrogen and oxygen atoms in total. The van der Waals surface area contributed by atoms with E-state index in [-0.39, 0.29) is 23.1 Å². The predicted molar refractivity (Wildman–Crippen MR) is 75.1 cm³/mol. The maximum absolute atomic E-state index is 10.9. The predicted octanol–water partition coefficient (Wildman–Crippen LogP) is 0.334. The van der Waals surface area contributed by atoms with Crippen LogP contribution in [0.4, 0.5) is 5.82 Å². The van der Waals surface area contributed by atoms with Crippen LogP contribution in [0.1, 0.15) is 5.56 Å². The molecular weight excluding hydrogens is 278 g/mol. The van der Waals surface area contributed by atoms with Crippen molar-refractivity contribution in [3.8, 4) is 17.2 Å². The van der Waals surface area contributed by atoms with Gasteiger partial charge in [-0.3, -0.25) is 5.43 Å². The van der Waals surface area contributed by atoms with E-state index in [0.717, 1.165) is 0 Å². The molecule has 1 aromatic carbocycles. The molecule has 0 unspecified atom stereocenters. The van der Waals surface area contributed by atoms with Gasteiger partial charge < -0.3 is 14.6 Å². The van der Waals surface area contributed by atoms with E-state index in [1.165, 1.54) is 26.6 Å². The molecule has 0 fully saturated rings. The highest BCUT2D eigenvalue weighted by Gasteiger charge is 2.10. The summed E-state index contributed by atoms with van der Waals surface area (Å²) in [5.41, 5.74) is 2.59. The number of phenolic OH excluding ortho intramolecular Hbond substituents is 1. The minimum absolute atomic E-state index is 0.0921. The first-order chi connectivity index (χ1) is 10.1. The Morgan fingerprint density at radius 2 is 2.00 bits per heavy atom. The van der Waals surface area contributed by atoms with Gasteiger partial charge in [-0.25, -0.2) is 9.89 Å². The summed E-state index contributed by atoms with van der Waals surface area (Å²) in [7, 11) is 2.86. The normalized spacial score (nSPS) is 10.6. The third-order valence-electron chi connectivity index (χ3n) is 2.46. The number of aromatic hydroxyl groups is 1. The number of aromatic nitrogens is 3. The molecule has 0 amide bonds. The van der Waals surface area contributed by atoms with E-state index in [9.17, 15) is 9.90 Å². The maximum Gasteiger partial charge on any atom is 0.363 e. The fourth-order valence-corrected chi connectivity index (χ4v) is 1.53. The lowest BCUT2D eigenvalue weighted by molar-refractivity contribution is 0.340. The molecule has 21 heavy (non-hydrogen) atoms. The number of anilines is 1. The number of benzene rings is 1. The van der Waals surface area contributed by atoms with Gasteiger partial charge in [0, 0.05) is 5.56 Å². The van der Waals surface area contributed by atoms with Crippen molar-refractivity contribution in [2.24, 2.45) is 5.10 Å². The van der Waals surface area contributed by atoms with Crippen molar-refractivity contribution in [1.29, 1.82) is 0 Å². The largest absolute Gasteiger partial charge is 0.502 e. The van der Waals surface area contributed by atoms with E-state index in [4.69, 9.17) is 9.47 Å². The summed E-state index contributed by atoms with van der Waals surface area (Å²) in [6.45, 7) is 0. The topological polar surface area (TPSA) is 122 Å². The van der Waals surface area contributed by atoms with Crippen LogP contribution in [0.3, 0.4) is 0 Å². The molecule has 2 rings (SSSR count). The first-order valence-electron chi connectivity index (χ1n) is 5.80. The fourth-order valence-electron chi connectivity index (χ4n) is 1.53. The van der Waals surface area contributed by atoms with Gasteiger partial charge >= 0.3 is 5.69 Å². The second-order valence-electron chi connectivity index (χ2n) is 3.82. The van der Waals surface area contributed by atoms with Gasteiger partial charge in [-0.15, -0.1) is 0 Å². The summed E-state index contributed by atoms with van der Waals surface area (Å²) in [6.07, 6.45) is 2.77. The molecule has 2 aromatic rings. The summed E-state index contributed by atoms with van der Waals surface area (Å²) in [5.74, 6) is 0.622. The minimum Gasteiger partial charge on any atom is -0.502 e. The van der Waals surface area contributed by atoms with Gasteiger partial charge in [-0.2, -0.15) is 15.2 Å². The number of hydrogen-bond acceptors (Lipinski definition) is 8. The van der Waals surface area contributed by atoms with E-state index in [0.29, 0.717) is 5.56 Å². The number of nitrogens with one attached hydrogen (secondary N) is 2. The molecule has 0 atom stereocenters. The number of methoxy groups -OCH3 is 2. The zero-order chi connectivity index (χ0) is 15.2. The molecule has 0 spiro atoms. The Hall–Kier alpha value is -3.10. The summed E-state index contributed by atoms with van der Waals surface area (Å²) < 4.78 is 10.1. The summed E-state index contributed by atoms with van der Waals surface area (Å²) >= 11 is 0. The zero-order valence-electron chi connectivity index (χ0n) is 11.3. The SMILES string of the molecule is COc1cc(/C=N/Nc2cn[nH]c(=O)n2)cc(OC)c1O. The maximum atomic E-state index is 10.9. The Labute approximate surface area is 119 Å². The number of H-pyrrole nitrogens is 1. The van der Waals surface area contributed by atoms with E-state index < -0.39 is 5.69 Å². The van der Waals surface area contributed by atoms with Gasteiger partial charge in [-0.1, -0.05) is 0 Å².